The first-order valence-electron chi connectivity index (χ1n) is 6.87. The number of anilines is 1. The fraction of sp³-hybridized carbons (Fsp3) is 0.467. The first kappa shape index (κ1) is 16.0. The minimum Gasteiger partial charge on any atom is -0.495 e. The number of hydrogen-bond acceptors (Lipinski definition) is 3. The SMILES string of the molecule is CCCCCNC(=O)CC(=O)Nc1ccccc1OC. The molecule has 0 saturated heterocycles. The van der Waals surface area contributed by atoms with Crippen LogP contribution < -0.4 is 15.4 Å². The van der Waals surface area contributed by atoms with Gasteiger partial charge in [-0.2, -0.15) is 0 Å². The van der Waals surface area contributed by atoms with Crippen LogP contribution in [0.5, 0.6) is 5.75 Å². The number of benzene rings is 1. The van der Waals surface area contributed by atoms with Crippen LogP contribution in [0.15, 0.2) is 24.3 Å². The third kappa shape index (κ3) is 5.73. The van der Waals surface area contributed by atoms with Crippen LogP contribution in [0.4, 0.5) is 5.69 Å². The molecule has 0 bridgehead atoms. The molecule has 0 saturated carbocycles. The predicted molar refractivity (Wildman–Crippen MR) is 78.8 cm³/mol. The monoisotopic (exact) mass is 278 g/mol. The topological polar surface area (TPSA) is 67.4 Å². The molecule has 0 aliphatic carbocycles. The molecular weight excluding hydrogens is 256 g/mol. The minimum absolute atomic E-state index is 0.176. The first-order chi connectivity index (χ1) is 9.67. The minimum atomic E-state index is -0.345. The molecule has 0 aliphatic heterocycles. The van der Waals surface area contributed by atoms with E-state index in [4.69, 9.17) is 4.74 Å². The van der Waals surface area contributed by atoms with E-state index in [-0.39, 0.29) is 18.2 Å². The molecule has 1 aromatic rings. The van der Waals surface area contributed by atoms with Gasteiger partial charge in [0, 0.05) is 6.54 Å². The molecule has 0 aliphatic rings. The number of carbonyl (C=O) groups excluding carboxylic acids is 2. The largest absolute Gasteiger partial charge is 0.495 e. The van der Waals surface area contributed by atoms with Crippen LogP contribution in [0.3, 0.4) is 0 Å². The Bertz CT molecular complexity index is 446. The van der Waals surface area contributed by atoms with Crippen molar-refractivity contribution in [3.63, 3.8) is 0 Å². The van der Waals surface area contributed by atoms with Gasteiger partial charge < -0.3 is 15.4 Å². The predicted octanol–water partition coefficient (Wildman–Crippen LogP) is 2.33. The smallest absolute Gasteiger partial charge is 0.233 e. The molecule has 1 rings (SSSR count). The lowest BCUT2D eigenvalue weighted by Gasteiger charge is -2.09. The fourth-order valence-electron chi connectivity index (χ4n) is 1.75. The second-order valence-corrected chi connectivity index (χ2v) is 4.48. The Hall–Kier alpha value is -2.04. The highest BCUT2D eigenvalue weighted by Crippen LogP contribution is 2.22. The average Bonchev–Trinajstić information content (AvgIpc) is 2.44. The Balaban J connectivity index is 2.37. The van der Waals surface area contributed by atoms with E-state index in [0.29, 0.717) is 18.0 Å². The lowest BCUT2D eigenvalue weighted by Crippen LogP contribution is -2.28. The third-order valence-corrected chi connectivity index (χ3v) is 2.80. The van der Waals surface area contributed by atoms with Gasteiger partial charge in [-0.25, -0.2) is 0 Å². The van der Waals surface area contributed by atoms with Gasteiger partial charge in [-0.3, -0.25) is 9.59 Å². The molecule has 20 heavy (non-hydrogen) atoms. The zero-order chi connectivity index (χ0) is 14.8. The molecule has 0 radical (unpaired) electrons. The van der Waals surface area contributed by atoms with Crippen LogP contribution >= 0.6 is 0 Å². The normalized spacial score (nSPS) is 9.90. The zero-order valence-electron chi connectivity index (χ0n) is 12.1. The molecule has 5 nitrogen and oxygen atoms in total. The number of hydrogen-bond donors (Lipinski definition) is 2. The maximum atomic E-state index is 11.8. The number of ether oxygens (including phenoxy) is 1. The first-order valence-corrected chi connectivity index (χ1v) is 6.87. The molecule has 0 unspecified atom stereocenters. The van der Waals surface area contributed by atoms with Crippen molar-refractivity contribution in [2.45, 2.75) is 32.6 Å². The van der Waals surface area contributed by atoms with E-state index in [1.165, 1.54) is 7.11 Å². The van der Waals surface area contributed by atoms with Gasteiger partial charge >= 0.3 is 0 Å². The van der Waals surface area contributed by atoms with Crippen molar-refractivity contribution < 1.29 is 14.3 Å². The summed E-state index contributed by atoms with van der Waals surface area (Å²) in [5.74, 6) is -0.0276. The van der Waals surface area contributed by atoms with Gasteiger partial charge in [0.15, 0.2) is 0 Å². The molecule has 0 heterocycles. The van der Waals surface area contributed by atoms with Gasteiger partial charge in [-0.1, -0.05) is 31.9 Å². The van der Waals surface area contributed by atoms with Gasteiger partial charge in [0.05, 0.1) is 12.8 Å². The zero-order valence-corrected chi connectivity index (χ0v) is 12.1. The highest BCUT2D eigenvalue weighted by atomic mass is 16.5. The summed E-state index contributed by atoms with van der Waals surface area (Å²) in [5, 5.41) is 5.40. The van der Waals surface area contributed by atoms with E-state index >= 15 is 0 Å². The molecule has 0 atom stereocenters. The van der Waals surface area contributed by atoms with Gasteiger partial charge in [0.1, 0.15) is 12.2 Å². The molecule has 0 fully saturated rings. The van der Waals surface area contributed by atoms with E-state index in [1.807, 2.05) is 6.07 Å². The molecule has 1 aromatic carbocycles. The van der Waals surface area contributed by atoms with Crippen molar-refractivity contribution in [2.24, 2.45) is 0 Å². The Kier molecular flexibility index (Phi) is 7.17. The van der Waals surface area contributed by atoms with Crippen molar-refractivity contribution >= 4 is 17.5 Å². The van der Waals surface area contributed by atoms with Crippen LogP contribution in [0, 0.1) is 0 Å². The fourth-order valence-corrected chi connectivity index (χ4v) is 1.75. The Morgan fingerprint density at radius 3 is 2.60 bits per heavy atom. The molecular formula is C15H22N2O3. The number of rotatable bonds is 8. The lowest BCUT2D eigenvalue weighted by atomic mass is 10.2. The maximum absolute atomic E-state index is 11.8. The van der Waals surface area contributed by atoms with Crippen LogP contribution in [0.2, 0.25) is 0 Å². The van der Waals surface area contributed by atoms with Crippen LogP contribution in [-0.2, 0) is 9.59 Å². The molecule has 0 spiro atoms. The van der Waals surface area contributed by atoms with E-state index in [0.717, 1.165) is 19.3 Å². The third-order valence-electron chi connectivity index (χ3n) is 2.80. The van der Waals surface area contributed by atoms with Crippen molar-refractivity contribution in [1.29, 1.82) is 0 Å². The summed E-state index contributed by atoms with van der Waals surface area (Å²) < 4.78 is 5.13. The highest BCUT2D eigenvalue weighted by molar-refractivity contribution is 6.04. The summed E-state index contributed by atoms with van der Waals surface area (Å²) >= 11 is 0. The number of amides is 2. The summed E-state index contributed by atoms with van der Waals surface area (Å²) in [6.07, 6.45) is 2.94. The summed E-state index contributed by atoms with van der Waals surface area (Å²) in [7, 11) is 1.53. The summed E-state index contributed by atoms with van der Waals surface area (Å²) in [5.41, 5.74) is 0.568. The second-order valence-electron chi connectivity index (χ2n) is 4.48. The second kappa shape index (κ2) is 8.96. The standard InChI is InChI=1S/C15H22N2O3/c1-3-4-7-10-16-14(18)11-15(19)17-12-8-5-6-9-13(12)20-2/h5-6,8-9H,3-4,7,10-11H2,1-2H3,(H,16,18)(H,17,19). The summed E-state index contributed by atoms with van der Waals surface area (Å²) in [6, 6.07) is 7.09. The summed E-state index contributed by atoms with van der Waals surface area (Å²) in [6.45, 7) is 2.72. The number of methoxy groups -OCH3 is 1. The quantitative estimate of drug-likeness (QED) is 0.566. The molecule has 0 aromatic heterocycles. The van der Waals surface area contributed by atoms with Crippen molar-refractivity contribution in [2.75, 3.05) is 19.0 Å². The lowest BCUT2D eigenvalue weighted by molar-refractivity contribution is -0.126. The van der Waals surface area contributed by atoms with E-state index < -0.39 is 0 Å². The molecule has 110 valence electrons. The number of para-hydroxylation sites is 2. The van der Waals surface area contributed by atoms with Crippen molar-refractivity contribution in [1.82, 2.24) is 5.32 Å². The van der Waals surface area contributed by atoms with Gasteiger partial charge in [-0.15, -0.1) is 0 Å². The summed E-state index contributed by atoms with van der Waals surface area (Å²) in [4.78, 5) is 23.3. The average molecular weight is 278 g/mol. The van der Waals surface area contributed by atoms with E-state index in [9.17, 15) is 9.59 Å². The molecule has 5 heteroatoms. The van der Waals surface area contributed by atoms with E-state index in [2.05, 4.69) is 17.6 Å². The number of unbranched alkanes of at least 4 members (excludes halogenated alkanes) is 2. The molecule has 2 N–H and O–H groups in total. The number of nitrogens with one attached hydrogen (secondary N) is 2. The van der Waals surface area contributed by atoms with Crippen LogP contribution in [0.25, 0.3) is 0 Å². The van der Waals surface area contributed by atoms with Gasteiger partial charge in [0.25, 0.3) is 0 Å². The van der Waals surface area contributed by atoms with Crippen LogP contribution in [0.1, 0.15) is 32.6 Å². The maximum Gasteiger partial charge on any atom is 0.233 e. The Morgan fingerprint density at radius 2 is 1.90 bits per heavy atom. The Labute approximate surface area is 119 Å². The van der Waals surface area contributed by atoms with Crippen molar-refractivity contribution in [3.05, 3.63) is 24.3 Å². The highest BCUT2D eigenvalue weighted by Gasteiger charge is 2.11. The van der Waals surface area contributed by atoms with Crippen LogP contribution in [-0.4, -0.2) is 25.5 Å². The number of carbonyl (C=O) groups is 2. The van der Waals surface area contributed by atoms with Crippen molar-refractivity contribution in [3.8, 4) is 5.75 Å². The Morgan fingerprint density at radius 1 is 1.15 bits per heavy atom. The van der Waals surface area contributed by atoms with E-state index in [1.54, 1.807) is 18.2 Å². The molecule has 2 amide bonds. The van der Waals surface area contributed by atoms with Gasteiger partial charge in [0.2, 0.25) is 11.8 Å². The van der Waals surface area contributed by atoms with Gasteiger partial charge in [-0.05, 0) is 18.6 Å².